The van der Waals surface area contributed by atoms with Crippen LogP contribution in [0.15, 0.2) is 18.2 Å². The molecule has 1 saturated heterocycles. The fourth-order valence-corrected chi connectivity index (χ4v) is 2.32. The molecule has 5 heteroatoms. The van der Waals surface area contributed by atoms with Crippen LogP contribution in [-0.2, 0) is 4.79 Å². The molecule has 19 heavy (non-hydrogen) atoms. The van der Waals surface area contributed by atoms with Crippen molar-refractivity contribution in [1.82, 2.24) is 5.32 Å². The first-order valence-corrected chi connectivity index (χ1v) is 6.61. The quantitative estimate of drug-likeness (QED) is 0.881. The number of hydrogen-bond donors (Lipinski definition) is 2. The van der Waals surface area contributed by atoms with Crippen LogP contribution in [-0.4, -0.2) is 19.0 Å². The van der Waals surface area contributed by atoms with Crippen molar-refractivity contribution in [2.45, 2.75) is 25.7 Å². The van der Waals surface area contributed by atoms with Crippen molar-refractivity contribution in [2.24, 2.45) is 5.92 Å². The average molecular weight is 268 g/mol. The van der Waals surface area contributed by atoms with Gasteiger partial charge in [0.1, 0.15) is 17.3 Å². The highest BCUT2D eigenvalue weighted by molar-refractivity contribution is 5.90. The largest absolute Gasteiger partial charge is 0.321 e. The van der Waals surface area contributed by atoms with E-state index in [0.29, 0.717) is 12.3 Å². The van der Waals surface area contributed by atoms with Gasteiger partial charge < -0.3 is 10.6 Å². The summed E-state index contributed by atoms with van der Waals surface area (Å²) in [5, 5.41) is 5.57. The summed E-state index contributed by atoms with van der Waals surface area (Å²) >= 11 is 0. The second-order valence-electron chi connectivity index (χ2n) is 4.88. The van der Waals surface area contributed by atoms with Gasteiger partial charge in [-0.15, -0.1) is 0 Å². The van der Waals surface area contributed by atoms with Gasteiger partial charge in [-0.25, -0.2) is 8.78 Å². The molecule has 1 amide bonds. The van der Waals surface area contributed by atoms with Crippen molar-refractivity contribution in [2.75, 3.05) is 18.4 Å². The molecule has 0 aromatic heterocycles. The summed E-state index contributed by atoms with van der Waals surface area (Å²) in [5.41, 5.74) is -0.349. The molecule has 1 aromatic carbocycles. The third-order valence-corrected chi connectivity index (χ3v) is 3.47. The van der Waals surface area contributed by atoms with Crippen molar-refractivity contribution in [3.05, 3.63) is 29.8 Å². The van der Waals surface area contributed by atoms with Gasteiger partial charge in [0.05, 0.1) is 0 Å². The number of carbonyl (C=O) groups excluding carboxylic acids is 1. The van der Waals surface area contributed by atoms with Gasteiger partial charge in [-0.2, -0.15) is 0 Å². The number of benzene rings is 1. The molecule has 0 spiro atoms. The highest BCUT2D eigenvalue weighted by atomic mass is 19.1. The molecule has 0 atom stereocenters. The summed E-state index contributed by atoms with van der Waals surface area (Å²) < 4.78 is 26.7. The predicted octanol–water partition coefficient (Wildman–Crippen LogP) is 2.68. The van der Waals surface area contributed by atoms with Gasteiger partial charge in [0, 0.05) is 6.42 Å². The highest BCUT2D eigenvalue weighted by Gasteiger charge is 2.16. The fraction of sp³-hybridized carbons (Fsp3) is 0.500. The number of amides is 1. The summed E-state index contributed by atoms with van der Waals surface area (Å²) in [6.07, 6.45) is 3.19. The molecule has 104 valence electrons. The molecular formula is C14H18F2N2O. The maximum absolute atomic E-state index is 13.3. The number of para-hydroxylation sites is 1. The van der Waals surface area contributed by atoms with Gasteiger partial charge in [0.25, 0.3) is 0 Å². The Morgan fingerprint density at radius 3 is 2.53 bits per heavy atom. The Balaban J connectivity index is 1.83. The van der Waals surface area contributed by atoms with E-state index in [0.717, 1.165) is 44.5 Å². The Kier molecular flexibility index (Phi) is 4.85. The number of anilines is 1. The summed E-state index contributed by atoms with van der Waals surface area (Å²) in [5.74, 6) is -1.29. The lowest BCUT2D eigenvalue weighted by molar-refractivity contribution is -0.116. The topological polar surface area (TPSA) is 41.1 Å². The Bertz CT molecular complexity index is 425. The number of nitrogens with one attached hydrogen (secondary N) is 2. The first-order chi connectivity index (χ1) is 9.16. The van der Waals surface area contributed by atoms with Crippen LogP contribution in [0.4, 0.5) is 14.5 Å². The second kappa shape index (κ2) is 6.61. The van der Waals surface area contributed by atoms with Gasteiger partial charge in [0.2, 0.25) is 5.91 Å². The molecule has 1 aliphatic rings. The van der Waals surface area contributed by atoms with E-state index in [-0.39, 0.29) is 11.6 Å². The molecule has 0 saturated carbocycles. The first-order valence-electron chi connectivity index (χ1n) is 6.61. The van der Waals surface area contributed by atoms with E-state index >= 15 is 0 Å². The van der Waals surface area contributed by atoms with Crippen LogP contribution in [0.1, 0.15) is 25.7 Å². The Morgan fingerprint density at radius 1 is 1.26 bits per heavy atom. The van der Waals surface area contributed by atoms with Crippen LogP contribution in [0.2, 0.25) is 0 Å². The molecule has 0 unspecified atom stereocenters. The van der Waals surface area contributed by atoms with Crippen molar-refractivity contribution in [3.63, 3.8) is 0 Å². The number of piperidine rings is 1. The number of carbonyl (C=O) groups is 1. The van der Waals surface area contributed by atoms with Crippen LogP contribution in [0, 0.1) is 17.6 Å². The third-order valence-electron chi connectivity index (χ3n) is 3.47. The van der Waals surface area contributed by atoms with E-state index in [1.54, 1.807) is 0 Å². The minimum Gasteiger partial charge on any atom is -0.321 e. The lowest BCUT2D eigenvalue weighted by Gasteiger charge is -2.22. The van der Waals surface area contributed by atoms with E-state index < -0.39 is 11.6 Å². The lowest BCUT2D eigenvalue weighted by Crippen LogP contribution is -2.28. The highest BCUT2D eigenvalue weighted by Crippen LogP contribution is 2.20. The summed E-state index contributed by atoms with van der Waals surface area (Å²) in [4.78, 5) is 11.7. The summed E-state index contributed by atoms with van der Waals surface area (Å²) in [7, 11) is 0. The van der Waals surface area contributed by atoms with E-state index in [4.69, 9.17) is 0 Å². The second-order valence-corrected chi connectivity index (χ2v) is 4.88. The molecule has 1 aliphatic heterocycles. The Morgan fingerprint density at radius 2 is 1.89 bits per heavy atom. The van der Waals surface area contributed by atoms with E-state index in [9.17, 15) is 13.6 Å². The molecule has 1 aromatic rings. The van der Waals surface area contributed by atoms with E-state index in [1.165, 1.54) is 6.07 Å². The Labute approximate surface area is 111 Å². The molecule has 3 nitrogen and oxygen atoms in total. The molecule has 0 radical (unpaired) electrons. The van der Waals surface area contributed by atoms with Crippen molar-refractivity contribution < 1.29 is 13.6 Å². The van der Waals surface area contributed by atoms with Crippen LogP contribution >= 0.6 is 0 Å². The lowest BCUT2D eigenvalue weighted by atomic mass is 9.93. The number of hydrogen-bond acceptors (Lipinski definition) is 2. The molecule has 0 aliphatic carbocycles. The zero-order valence-electron chi connectivity index (χ0n) is 10.7. The molecule has 1 fully saturated rings. The maximum Gasteiger partial charge on any atom is 0.224 e. The van der Waals surface area contributed by atoms with Gasteiger partial charge >= 0.3 is 0 Å². The van der Waals surface area contributed by atoms with Gasteiger partial charge in [0.15, 0.2) is 0 Å². The fourth-order valence-electron chi connectivity index (χ4n) is 2.32. The third kappa shape index (κ3) is 3.99. The van der Waals surface area contributed by atoms with Crippen LogP contribution in [0.5, 0.6) is 0 Å². The minimum atomic E-state index is -0.741. The monoisotopic (exact) mass is 268 g/mol. The van der Waals surface area contributed by atoms with Gasteiger partial charge in [-0.05, 0) is 50.4 Å². The van der Waals surface area contributed by atoms with Crippen LogP contribution < -0.4 is 10.6 Å². The van der Waals surface area contributed by atoms with Crippen molar-refractivity contribution in [3.8, 4) is 0 Å². The summed E-state index contributed by atoms with van der Waals surface area (Å²) in [6.45, 7) is 1.96. The minimum absolute atomic E-state index is 0.304. The zero-order chi connectivity index (χ0) is 13.7. The van der Waals surface area contributed by atoms with Gasteiger partial charge in [-0.3, -0.25) is 4.79 Å². The standard InChI is InChI=1S/C14H18F2N2O/c15-11-2-1-3-12(16)14(11)18-13(19)5-4-10-6-8-17-9-7-10/h1-3,10,17H,4-9H2,(H,18,19). The predicted molar refractivity (Wildman–Crippen MR) is 69.8 cm³/mol. The SMILES string of the molecule is O=C(CCC1CCNCC1)Nc1c(F)cccc1F. The van der Waals surface area contributed by atoms with Crippen molar-refractivity contribution in [1.29, 1.82) is 0 Å². The smallest absolute Gasteiger partial charge is 0.224 e. The average Bonchev–Trinajstić information content (AvgIpc) is 2.42. The number of halogens is 2. The van der Waals surface area contributed by atoms with E-state index in [1.807, 2.05) is 0 Å². The van der Waals surface area contributed by atoms with Crippen molar-refractivity contribution >= 4 is 11.6 Å². The number of rotatable bonds is 4. The first kappa shape index (κ1) is 13.9. The normalized spacial score (nSPS) is 16.3. The molecule has 0 bridgehead atoms. The van der Waals surface area contributed by atoms with Crippen LogP contribution in [0.3, 0.4) is 0 Å². The Hall–Kier alpha value is -1.49. The summed E-state index contributed by atoms with van der Waals surface area (Å²) in [6, 6.07) is 3.53. The maximum atomic E-state index is 13.3. The van der Waals surface area contributed by atoms with E-state index in [2.05, 4.69) is 10.6 Å². The zero-order valence-corrected chi connectivity index (χ0v) is 10.7. The van der Waals surface area contributed by atoms with Crippen LogP contribution in [0.25, 0.3) is 0 Å². The molecule has 2 rings (SSSR count). The molecule has 2 N–H and O–H groups in total. The molecular weight excluding hydrogens is 250 g/mol. The van der Waals surface area contributed by atoms with Gasteiger partial charge in [-0.1, -0.05) is 6.07 Å². The molecule has 1 heterocycles.